The van der Waals surface area contributed by atoms with E-state index in [9.17, 15) is 16.8 Å². The van der Waals surface area contributed by atoms with Crippen LogP contribution < -0.4 is 14.2 Å². The predicted octanol–water partition coefficient (Wildman–Crippen LogP) is 4.53. The summed E-state index contributed by atoms with van der Waals surface area (Å²) in [4.78, 5) is 0.104. The van der Waals surface area contributed by atoms with E-state index in [0.717, 1.165) is 5.56 Å². The van der Waals surface area contributed by atoms with Crippen molar-refractivity contribution < 1.29 is 21.6 Å². The maximum absolute atomic E-state index is 13.1. The quantitative estimate of drug-likeness (QED) is 0.524. The summed E-state index contributed by atoms with van der Waals surface area (Å²) in [7, 11) is -6.48. The number of hydrogen-bond acceptors (Lipinski definition) is 5. The zero-order valence-corrected chi connectivity index (χ0v) is 20.2. The van der Waals surface area contributed by atoms with Gasteiger partial charge in [0.1, 0.15) is 5.75 Å². The van der Waals surface area contributed by atoms with Gasteiger partial charge in [-0.25, -0.2) is 16.8 Å². The summed E-state index contributed by atoms with van der Waals surface area (Å²) in [6, 6.07) is 14.5. The molecular weight excluding hydrogens is 448 g/mol. The van der Waals surface area contributed by atoms with E-state index in [0.29, 0.717) is 22.4 Å². The molecule has 9 heteroatoms. The number of benzene rings is 3. The van der Waals surface area contributed by atoms with Gasteiger partial charge in [0, 0.05) is 0 Å². The van der Waals surface area contributed by atoms with Crippen molar-refractivity contribution in [3.05, 3.63) is 76.9 Å². The highest BCUT2D eigenvalue weighted by Crippen LogP contribution is 2.30. The topological polar surface area (TPSA) is 102 Å². The highest BCUT2D eigenvalue weighted by molar-refractivity contribution is 7.93. The first-order valence-electron chi connectivity index (χ1n) is 9.82. The first-order chi connectivity index (χ1) is 14.9. The van der Waals surface area contributed by atoms with Gasteiger partial charge < -0.3 is 4.74 Å². The monoisotopic (exact) mass is 474 g/mol. The Balaban J connectivity index is 1.99. The Kier molecular flexibility index (Phi) is 6.52. The largest absolute Gasteiger partial charge is 0.495 e. The van der Waals surface area contributed by atoms with Gasteiger partial charge in [-0.1, -0.05) is 35.9 Å². The molecule has 3 rings (SSSR count). The molecule has 0 aliphatic rings. The van der Waals surface area contributed by atoms with E-state index < -0.39 is 20.0 Å². The minimum absolute atomic E-state index is 0.0796. The number of anilines is 2. The fraction of sp³-hybridized carbons (Fsp3) is 0.217. The number of hydrogen-bond donors (Lipinski definition) is 2. The van der Waals surface area contributed by atoms with Crippen LogP contribution >= 0.6 is 0 Å². The Morgan fingerprint density at radius 2 is 1.28 bits per heavy atom. The van der Waals surface area contributed by atoms with Crippen LogP contribution in [0.5, 0.6) is 5.75 Å². The summed E-state index contributed by atoms with van der Waals surface area (Å²) >= 11 is 0. The second-order valence-corrected chi connectivity index (χ2v) is 10.9. The van der Waals surface area contributed by atoms with Gasteiger partial charge in [-0.2, -0.15) is 0 Å². The third kappa shape index (κ3) is 4.89. The summed E-state index contributed by atoms with van der Waals surface area (Å²) < 4.78 is 62.5. The van der Waals surface area contributed by atoms with Crippen molar-refractivity contribution in [3.63, 3.8) is 0 Å². The first kappa shape index (κ1) is 23.6. The van der Waals surface area contributed by atoms with E-state index in [1.165, 1.54) is 19.2 Å². The number of rotatable bonds is 7. The minimum atomic E-state index is -3.99. The van der Waals surface area contributed by atoms with Crippen molar-refractivity contribution in [1.29, 1.82) is 0 Å². The van der Waals surface area contributed by atoms with E-state index in [1.807, 2.05) is 6.92 Å². The summed E-state index contributed by atoms with van der Waals surface area (Å²) in [5, 5.41) is 0. The van der Waals surface area contributed by atoms with Gasteiger partial charge in [-0.15, -0.1) is 0 Å². The maximum atomic E-state index is 13.1. The molecule has 0 spiro atoms. The van der Waals surface area contributed by atoms with Crippen LogP contribution in [0.25, 0.3) is 0 Å². The average Bonchev–Trinajstić information content (AvgIpc) is 2.68. The summed E-state index contributed by atoms with van der Waals surface area (Å²) in [6.07, 6.45) is 0. The first-order valence-corrected chi connectivity index (χ1v) is 12.8. The standard InChI is InChI=1S/C23H26N2O5S2/c1-15-12-17(3)23(18(4)13-15)32(28,29)25-21-14-19(11-10-16(21)2)31(26,27)24-20-8-6-7-9-22(20)30-5/h6-14,24-25H,1-5H3. The Morgan fingerprint density at radius 3 is 1.91 bits per heavy atom. The van der Waals surface area contributed by atoms with E-state index in [1.54, 1.807) is 63.2 Å². The van der Waals surface area contributed by atoms with Crippen molar-refractivity contribution >= 4 is 31.4 Å². The number of methoxy groups -OCH3 is 1. The molecule has 32 heavy (non-hydrogen) atoms. The Labute approximate surface area is 189 Å². The molecule has 0 saturated heterocycles. The van der Waals surface area contributed by atoms with Gasteiger partial charge in [0.15, 0.2) is 0 Å². The van der Waals surface area contributed by atoms with Gasteiger partial charge in [0.25, 0.3) is 20.0 Å². The fourth-order valence-corrected chi connectivity index (χ4v) is 6.27. The fourth-order valence-electron chi connectivity index (χ4n) is 3.60. The van der Waals surface area contributed by atoms with Crippen molar-refractivity contribution in [2.24, 2.45) is 0 Å². The SMILES string of the molecule is COc1ccccc1NS(=O)(=O)c1ccc(C)c(NS(=O)(=O)c2c(C)cc(C)cc2C)c1. The molecule has 7 nitrogen and oxygen atoms in total. The van der Waals surface area contributed by atoms with Crippen LogP contribution in [0.2, 0.25) is 0 Å². The normalized spacial score (nSPS) is 11.8. The minimum Gasteiger partial charge on any atom is -0.495 e. The second-order valence-electron chi connectivity index (χ2n) is 7.62. The Bertz CT molecular complexity index is 1360. The summed E-state index contributed by atoms with van der Waals surface area (Å²) in [6.45, 7) is 7.08. The lowest BCUT2D eigenvalue weighted by molar-refractivity contribution is 0.417. The van der Waals surface area contributed by atoms with E-state index in [2.05, 4.69) is 9.44 Å². The highest BCUT2D eigenvalue weighted by Gasteiger charge is 2.23. The number of nitrogens with one attached hydrogen (secondary N) is 2. The molecule has 0 unspecified atom stereocenters. The molecule has 0 heterocycles. The zero-order valence-electron chi connectivity index (χ0n) is 18.6. The van der Waals surface area contributed by atoms with Crippen LogP contribution in [0, 0.1) is 27.7 Å². The van der Waals surface area contributed by atoms with Gasteiger partial charge in [-0.3, -0.25) is 9.44 Å². The van der Waals surface area contributed by atoms with Crippen molar-refractivity contribution in [2.75, 3.05) is 16.6 Å². The molecule has 0 bridgehead atoms. The molecule has 0 aliphatic carbocycles. The molecule has 0 aromatic heterocycles. The van der Waals surface area contributed by atoms with Crippen LogP contribution in [-0.2, 0) is 20.0 Å². The van der Waals surface area contributed by atoms with Crippen LogP contribution in [0.1, 0.15) is 22.3 Å². The summed E-state index contributed by atoms with van der Waals surface area (Å²) in [5.41, 5.74) is 3.26. The number of para-hydroxylation sites is 2. The molecule has 170 valence electrons. The lowest BCUT2D eigenvalue weighted by atomic mass is 10.1. The molecule has 0 radical (unpaired) electrons. The molecule has 0 saturated carbocycles. The Morgan fingerprint density at radius 1 is 0.688 bits per heavy atom. The van der Waals surface area contributed by atoms with E-state index >= 15 is 0 Å². The van der Waals surface area contributed by atoms with Gasteiger partial charge in [0.05, 0.1) is 28.3 Å². The average molecular weight is 475 g/mol. The van der Waals surface area contributed by atoms with Crippen LogP contribution in [-0.4, -0.2) is 23.9 Å². The molecule has 0 fully saturated rings. The maximum Gasteiger partial charge on any atom is 0.262 e. The molecule has 2 N–H and O–H groups in total. The van der Waals surface area contributed by atoms with Gasteiger partial charge in [-0.05, 0) is 68.7 Å². The third-order valence-corrected chi connectivity index (χ3v) is 8.02. The molecule has 3 aromatic carbocycles. The van der Waals surface area contributed by atoms with Crippen LogP contribution in [0.3, 0.4) is 0 Å². The molecule has 0 atom stereocenters. The van der Waals surface area contributed by atoms with Crippen molar-refractivity contribution in [1.82, 2.24) is 0 Å². The number of ether oxygens (including phenoxy) is 1. The lowest BCUT2D eigenvalue weighted by Gasteiger charge is -2.17. The van der Waals surface area contributed by atoms with Crippen LogP contribution in [0.15, 0.2) is 64.4 Å². The molecule has 0 aliphatic heterocycles. The number of aryl methyl sites for hydroxylation is 4. The van der Waals surface area contributed by atoms with Crippen LogP contribution in [0.4, 0.5) is 11.4 Å². The summed E-state index contributed by atoms with van der Waals surface area (Å²) in [5.74, 6) is 0.370. The van der Waals surface area contributed by atoms with E-state index in [4.69, 9.17) is 4.74 Å². The van der Waals surface area contributed by atoms with Gasteiger partial charge in [0.2, 0.25) is 0 Å². The molecular formula is C23H26N2O5S2. The van der Waals surface area contributed by atoms with E-state index in [-0.39, 0.29) is 21.2 Å². The Hall–Kier alpha value is -3.04. The highest BCUT2D eigenvalue weighted by atomic mass is 32.2. The number of sulfonamides is 2. The van der Waals surface area contributed by atoms with Gasteiger partial charge >= 0.3 is 0 Å². The predicted molar refractivity (Wildman–Crippen MR) is 126 cm³/mol. The lowest BCUT2D eigenvalue weighted by Crippen LogP contribution is -2.18. The second kappa shape index (κ2) is 8.84. The zero-order chi connectivity index (χ0) is 23.7. The molecule has 3 aromatic rings. The third-order valence-electron chi connectivity index (χ3n) is 4.99. The van der Waals surface area contributed by atoms with Crippen molar-refractivity contribution in [2.45, 2.75) is 37.5 Å². The molecule has 0 amide bonds. The smallest absolute Gasteiger partial charge is 0.262 e. The van der Waals surface area contributed by atoms with Crippen molar-refractivity contribution in [3.8, 4) is 5.75 Å².